The molecule has 1 aliphatic heterocycles. The van der Waals surface area contributed by atoms with E-state index in [1.165, 1.54) is 11.3 Å². The smallest absolute Gasteiger partial charge is 0.0526 e. The van der Waals surface area contributed by atoms with Crippen LogP contribution in [0.3, 0.4) is 0 Å². The monoisotopic (exact) mass is 187 g/mol. The van der Waals surface area contributed by atoms with Crippen molar-refractivity contribution in [1.29, 1.82) is 0 Å². The number of fused-ring (bicyclic) bond motifs is 1. The molecular weight excluding hydrogens is 170 g/mol. The summed E-state index contributed by atoms with van der Waals surface area (Å²) >= 11 is 0. The van der Waals surface area contributed by atoms with Gasteiger partial charge in [-0.2, -0.15) is 0 Å². The number of anilines is 1. The summed E-state index contributed by atoms with van der Waals surface area (Å²) in [6, 6.07) is 8.64. The van der Waals surface area contributed by atoms with Crippen molar-refractivity contribution in [3.63, 3.8) is 0 Å². The van der Waals surface area contributed by atoms with Gasteiger partial charge in [0.1, 0.15) is 0 Å². The van der Waals surface area contributed by atoms with Crippen molar-refractivity contribution in [2.24, 2.45) is 0 Å². The fourth-order valence-corrected chi connectivity index (χ4v) is 2.05. The second-order valence-corrected chi connectivity index (χ2v) is 4.39. The van der Waals surface area contributed by atoms with Crippen molar-refractivity contribution >= 4 is 5.69 Å². The third-order valence-corrected chi connectivity index (χ3v) is 3.08. The fraction of sp³-hybridized carbons (Fsp3) is 0.385. The van der Waals surface area contributed by atoms with E-state index in [0.29, 0.717) is 0 Å². The Labute approximate surface area is 86.1 Å². The van der Waals surface area contributed by atoms with E-state index < -0.39 is 0 Å². The zero-order chi connectivity index (χ0) is 10.2. The molecule has 1 heterocycles. The zero-order valence-corrected chi connectivity index (χ0v) is 8.96. The number of para-hydroxylation sites is 1. The number of hydrogen-bond donors (Lipinski definition) is 0. The first-order chi connectivity index (χ1) is 6.65. The van der Waals surface area contributed by atoms with Crippen molar-refractivity contribution < 1.29 is 0 Å². The first kappa shape index (κ1) is 9.32. The average molecular weight is 187 g/mol. The summed E-state index contributed by atoms with van der Waals surface area (Å²) in [4.78, 5) is 2.43. The molecule has 1 heteroatoms. The predicted octanol–water partition coefficient (Wildman–Crippen LogP) is 3.01. The lowest BCUT2D eigenvalue weighted by Crippen LogP contribution is -2.41. The highest BCUT2D eigenvalue weighted by Crippen LogP contribution is 2.33. The molecule has 0 unspecified atom stereocenters. The molecular formula is C13H17N. The summed E-state index contributed by atoms with van der Waals surface area (Å²) in [6.07, 6.45) is 3.18. The molecule has 0 spiro atoms. The van der Waals surface area contributed by atoms with Gasteiger partial charge in [-0.3, -0.25) is 0 Å². The van der Waals surface area contributed by atoms with Crippen LogP contribution in [0.25, 0.3) is 0 Å². The SMILES string of the molecule is C=CC(C)(C)N1CCc2ccccc21. The van der Waals surface area contributed by atoms with Crippen LogP contribution in [0.1, 0.15) is 19.4 Å². The number of hydrogen-bond acceptors (Lipinski definition) is 1. The molecule has 1 nitrogen and oxygen atoms in total. The van der Waals surface area contributed by atoms with Gasteiger partial charge in [-0.1, -0.05) is 24.3 Å². The molecule has 14 heavy (non-hydrogen) atoms. The zero-order valence-electron chi connectivity index (χ0n) is 8.96. The van der Waals surface area contributed by atoms with Gasteiger partial charge in [-0.05, 0) is 31.9 Å². The maximum Gasteiger partial charge on any atom is 0.0526 e. The third-order valence-electron chi connectivity index (χ3n) is 3.08. The van der Waals surface area contributed by atoms with Crippen molar-refractivity contribution in [3.8, 4) is 0 Å². The normalized spacial score (nSPS) is 15.4. The Morgan fingerprint density at radius 2 is 2.07 bits per heavy atom. The number of benzene rings is 1. The van der Waals surface area contributed by atoms with E-state index in [2.05, 4.69) is 49.6 Å². The van der Waals surface area contributed by atoms with Crippen LogP contribution in [-0.4, -0.2) is 12.1 Å². The Bertz CT molecular complexity index is 352. The lowest BCUT2D eigenvalue weighted by atomic mass is 10.0. The van der Waals surface area contributed by atoms with E-state index >= 15 is 0 Å². The van der Waals surface area contributed by atoms with Gasteiger partial charge >= 0.3 is 0 Å². The van der Waals surface area contributed by atoms with Crippen LogP contribution in [0.4, 0.5) is 5.69 Å². The Morgan fingerprint density at radius 3 is 2.79 bits per heavy atom. The van der Waals surface area contributed by atoms with E-state index in [1.807, 2.05) is 6.08 Å². The summed E-state index contributed by atoms with van der Waals surface area (Å²) < 4.78 is 0. The molecule has 0 fully saturated rings. The number of nitrogens with zero attached hydrogens (tertiary/aromatic N) is 1. The predicted molar refractivity (Wildman–Crippen MR) is 61.8 cm³/mol. The molecule has 0 amide bonds. The molecule has 1 aromatic carbocycles. The van der Waals surface area contributed by atoms with Gasteiger partial charge in [0.25, 0.3) is 0 Å². The molecule has 74 valence electrons. The van der Waals surface area contributed by atoms with Gasteiger partial charge in [0.15, 0.2) is 0 Å². The minimum absolute atomic E-state index is 0.0621. The highest BCUT2D eigenvalue weighted by atomic mass is 15.2. The maximum absolute atomic E-state index is 3.91. The molecule has 0 atom stereocenters. The standard InChI is InChI=1S/C13H17N/c1-4-13(2,3)14-10-9-11-7-5-6-8-12(11)14/h4-8H,1,9-10H2,2-3H3. The summed E-state index contributed by atoms with van der Waals surface area (Å²) in [5.74, 6) is 0. The molecule has 1 aliphatic rings. The van der Waals surface area contributed by atoms with Crippen LogP contribution in [0.15, 0.2) is 36.9 Å². The molecule has 0 aliphatic carbocycles. The lowest BCUT2D eigenvalue weighted by Gasteiger charge is -2.35. The fourth-order valence-electron chi connectivity index (χ4n) is 2.05. The molecule has 0 saturated carbocycles. The quantitative estimate of drug-likeness (QED) is 0.643. The molecule has 0 saturated heterocycles. The second kappa shape index (κ2) is 3.16. The molecule has 0 N–H and O–H groups in total. The van der Waals surface area contributed by atoms with Gasteiger partial charge in [0.2, 0.25) is 0 Å². The van der Waals surface area contributed by atoms with Crippen molar-refractivity contribution in [2.45, 2.75) is 25.8 Å². The van der Waals surface area contributed by atoms with Crippen LogP contribution in [0, 0.1) is 0 Å². The minimum Gasteiger partial charge on any atom is -0.362 e. The van der Waals surface area contributed by atoms with Crippen LogP contribution in [0.2, 0.25) is 0 Å². The van der Waals surface area contributed by atoms with Gasteiger partial charge in [0.05, 0.1) is 5.54 Å². The molecule has 0 bridgehead atoms. The lowest BCUT2D eigenvalue weighted by molar-refractivity contribution is 0.578. The first-order valence-electron chi connectivity index (χ1n) is 5.14. The first-order valence-corrected chi connectivity index (χ1v) is 5.14. The maximum atomic E-state index is 3.91. The van der Waals surface area contributed by atoms with E-state index in [0.717, 1.165) is 13.0 Å². The second-order valence-electron chi connectivity index (χ2n) is 4.39. The van der Waals surface area contributed by atoms with Crippen LogP contribution < -0.4 is 4.90 Å². The van der Waals surface area contributed by atoms with E-state index in [9.17, 15) is 0 Å². The topological polar surface area (TPSA) is 3.24 Å². The Kier molecular flexibility index (Phi) is 2.10. The van der Waals surface area contributed by atoms with Crippen LogP contribution >= 0.6 is 0 Å². The molecule has 0 aromatic heterocycles. The Hall–Kier alpha value is -1.24. The minimum atomic E-state index is 0.0621. The summed E-state index contributed by atoms with van der Waals surface area (Å²) in [5.41, 5.74) is 2.90. The Balaban J connectivity index is 2.39. The van der Waals surface area contributed by atoms with Gasteiger partial charge in [-0.25, -0.2) is 0 Å². The van der Waals surface area contributed by atoms with Crippen molar-refractivity contribution in [3.05, 3.63) is 42.5 Å². The number of rotatable bonds is 2. The van der Waals surface area contributed by atoms with Crippen LogP contribution in [0.5, 0.6) is 0 Å². The highest BCUT2D eigenvalue weighted by molar-refractivity contribution is 5.60. The largest absolute Gasteiger partial charge is 0.362 e. The van der Waals surface area contributed by atoms with Crippen molar-refractivity contribution in [1.82, 2.24) is 0 Å². The average Bonchev–Trinajstić information content (AvgIpc) is 2.61. The highest BCUT2D eigenvalue weighted by Gasteiger charge is 2.28. The van der Waals surface area contributed by atoms with E-state index in [4.69, 9.17) is 0 Å². The molecule has 2 rings (SSSR count). The third kappa shape index (κ3) is 1.33. The van der Waals surface area contributed by atoms with Crippen molar-refractivity contribution in [2.75, 3.05) is 11.4 Å². The Morgan fingerprint density at radius 1 is 1.36 bits per heavy atom. The van der Waals surface area contributed by atoms with Gasteiger partial charge in [-0.15, -0.1) is 6.58 Å². The van der Waals surface area contributed by atoms with Gasteiger partial charge in [0, 0.05) is 12.2 Å². The summed E-state index contributed by atoms with van der Waals surface area (Å²) in [5, 5.41) is 0. The summed E-state index contributed by atoms with van der Waals surface area (Å²) in [7, 11) is 0. The van der Waals surface area contributed by atoms with E-state index in [-0.39, 0.29) is 5.54 Å². The summed E-state index contributed by atoms with van der Waals surface area (Å²) in [6.45, 7) is 9.44. The molecule has 1 aromatic rings. The van der Waals surface area contributed by atoms with Gasteiger partial charge < -0.3 is 4.90 Å². The van der Waals surface area contributed by atoms with Crippen LogP contribution in [-0.2, 0) is 6.42 Å². The molecule has 0 radical (unpaired) electrons. The van der Waals surface area contributed by atoms with E-state index in [1.54, 1.807) is 0 Å².